The van der Waals surface area contributed by atoms with Gasteiger partial charge in [-0.3, -0.25) is 4.90 Å². The average molecular weight is 443 g/mol. The van der Waals surface area contributed by atoms with Gasteiger partial charge in [0.15, 0.2) is 0 Å². The first-order valence-corrected chi connectivity index (χ1v) is 15.0. The van der Waals surface area contributed by atoms with E-state index >= 15 is 0 Å². The van der Waals surface area contributed by atoms with E-state index in [9.17, 15) is 0 Å². The van der Waals surface area contributed by atoms with Crippen LogP contribution in [0.2, 0.25) is 0 Å². The molecule has 1 fully saturated rings. The van der Waals surface area contributed by atoms with Gasteiger partial charge < -0.3 is 15.4 Å². The molecule has 0 aliphatic carbocycles. The number of nitrogens with zero attached hydrogens (tertiary/aromatic N) is 3. The summed E-state index contributed by atoms with van der Waals surface area (Å²) in [5, 5.41) is 6.17. The number of hydrogen-bond acceptors (Lipinski definition) is 6. The van der Waals surface area contributed by atoms with Gasteiger partial charge in [-0.15, -0.1) is 26.8 Å². The van der Waals surface area contributed by atoms with E-state index in [0.717, 1.165) is 30.4 Å². The number of benzene rings is 1. The lowest BCUT2D eigenvalue weighted by Gasteiger charge is -2.15. The monoisotopic (exact) mass is 443 g/mol. The third-order valence-electron chi connectivity index (χ3n) is 3.90. The third-order valence-corrected chi connectivity index (χ3v) is 3.90. The van der Waals surface area contributed by atoms with Gasteiger partial charge in [0.05, 0.1) is 0 Å². The molecule has 148 valence electrons. The molecule has 0 saturated carbocycles. The maximum atomic E-state index is 5.80. The molecule has 0 bridgehead atoms. The minimum absolute atomic E-state index is 0.130. The van der Waals surface area contributed by atoms with Crippen LogP contribution in [-0.2, 0) is 0 Å². The Morgan fingerprint density at radius 2 is 1.78 bits per heavy atom. The Balaban J connectivity index is 0.000000596. The summed E-state index contributed by atoms with van der Waals surface area (Å²) in [5.41, 5.74) is 0.935. The molecule has 2 aromatic rings. The van der Waals surface area contributed by atoms with Crippen molar-refractivity contribution in [2.45, 2.75) is 12.8 Å². The zero-order valence-corrected chi connectivity index (χ0v) is 20.0. The van der Waals surface area contributed by atoms with Crippen molar-refractivity contribution in [1.29, 1.82) is 0 Å². The highest BCUT2D eigenvalue weighted by molar-refractivity contribution is 8.65. The number of aromatic nitrogens is 2. The fourth-order valence-corrected chi connectivity index (χ4v) is 2.62. The van der Waals surface area contributed by atoms with Crippen LogP contribution in [0.1, 0.15) is 12.8 Å². The van der Waals surface area contributed by atoms with E-state index in [1.807, 2.05) is 37.4 Å². The summed E-state index contributed by atoms with van der Waals surface area (Å²) in [7, 11) is 9.78. The maximum Gasteiger partial charge on any atom is 0.229 e. The minimum Gasteiger partial charge on any atom is -0.492 e. The first-order valence-electron chi connectivity index (χ1n) is 8.84. The molecular weight excluding hydrogens is 414 g/mol. The van der Waals surface area contributed by atoms with Crippen LogP contribution in [0.4, 0.5) is 17.5 Å². The molecule has 27 heavy (non-hydrogen) atoms. The lowest BCUT2D eigenvalue weighted by molar-refractivity contribution is 0.238. The van der Waals surface area contributed by atoms with Gasteiger partial charge >= 0.3 is 0 Å². The normalized spacial score (nSPS) is 13.8. The zero-order chi connectivity index (χ0) is 19.5. The molecule has 3 atom stereocenters. The largest absolute Gasteiger partial charge is 0.492 e. The Morgan fingerprint density at radius 1 is 1.11 bits per heavy atom. The Morgan fingerprint density at radius 3 is 2.41 bits per heavy atom. The van der Waals surface area contributed by atoms with Crippen LogP contribution in [0.25, 0.3) is 0 Å². The van der Waals surface area contributed by atoms with Gasteiger partial charge in [0, 0.05) is 25.5 Å². The summed E-state index contributed by atoms with van der Waals surface area (Å²) >= 11 is 0. The van der Waals surface area contributed by atoms with Gasteiger partial charge in [-0.25, -0.2) is 4.98 Å². The van der Waals surface area contributed by atoms with Crippen molar-refractivity contribution in [1.82, 2.24) is 14.9 Å². The molecule has 2 heterocycles. The highest BCUT2D eigenvalue weighted by Crippen LogP contribution is 2.59. The molecule has 10 heteroatoms. The molecule has 0 radical (unpaired) electrons. The smallest absolute Gasteiger partial charge is 0.229 e. The van der Waals surface area contributed by atoms with E-state index in [1.54, 1.807) is 6.20 Å². The Hall–Kier alpha value is -0.620. The van der Waals surface area contributed by atoms with Gasteiger partial charge in [0.25, 0.3) is 0 Å². The lowest BCUT2D eigenvalue weighted by atomic mass is 10.3. The summed E-state index contributed by atoms with van der Waals surface area (Å²) in [6, 6.07) is 9.70. The van der Waals surface area contributed by atoms with Crippen LogP contribution < -0.4 is 15.4 Å². The summed E-state index contributed by atoms with van der Waals surface area (Å²) in [5.74, 6) is 2.24. The molecule has 0 amide bonds. The molecule has 3 unspecified atom stereocenters. The Kier molecular flexibility index (Phi) is 10.7. The van der Waals surface area contributed by atoms with Gasteiger partial charge in [0.1, 0.15) is 18.2 Å². The molecule has 6 nitrogen and oxygen atoms in total. The number of rotatable bonds is 7. The van der Waals surface area contributed by atoms with Crippen LogP contribution in [0.3, 0.4) is 0 Å². The number of hydrogen-bond donors (Lipinski definition) is 2. The lowest BCUT2D eigenvalue weighted by Crippen LogP contribution is -2.25. The Labute approximate surface area is 170 Å². The maximum absolute atomic E-state index is 5.80. The topological polar surface area (TPSA) is 62.3 Å². The standard InChI is InChI=1S/C17H23N5O.H6P4/c1-18-16-8-9-19-17(21-16)20-14-4-6-15(7-5-14)23-13-12-22-10-2-3-11-22;1-4(2)3/h4-9H,2-3,10-13H2,1H3,(H2,18,19,20,21);1-3H2. The van der Waals surface area contributed by atoms with Crippen LogP contribution in [-0.4, -0.2) is 48.2 Å². The van der Waals surface area contributed by atoms with Gasteiger partial charge in [-0.1, -0.05) is 0 Å². The van der Waals surface area contributed by atoms with Crippen LogP contribution in [0, 0.1) is 0 Å². The van der Waals surface area contributed by atoms with Crippen LogP contribution in [0.15, 0.2) is 36.5 Å². The minimum atomic E-state index is 0.130. The fourth-order valence-electron chi connectivity index (χ4n) is 2.62. The first kappa shape index (κ1) is 22.7. The molecular formula is C17H29N5OP4. The highest BCUT2D eigenvalue weighted by atomic mass is 32.7. The van der Waals surface area contributed by atoms with Crippen molar-refractivity contribution >= 4 is 51.2 Å². The van der Waals surface area contributed by atoms with Crippen LogP contribution >= 0.6 is 33.8 Å². The van der Waals surface area contributed by atoms with Gasteiger partial charge in [-0.05, 0) is 63.3 Å². The van der Waals surface area contributed by atoms with Crippen molar-refractivity contribution in [2.24, 2.45) is 0 Å². The number of ether oxygens (including phenoxy) is 1. The molecule has 1 aliphatic rings. The summed E-state index contributed by atoms with van der Waals surface area (Å²) in [6.07, 6.45) is 4.35. The van der Waals surface area contributed by atoms with Crippen molar-refractivity contribution < 1.29 is 4.74 Å². The van der Waals surface area contributed by atoms with Crippen molar-refractivity contribution in [3.05, 3.63) is 36.5 Å². The number of nitrogens with one attached hydrogen (secondary N) is 2. The van der Waals surface area contributed by atoms with Crippen molar-refractivity contribution in [3.8, 4) is 5.75 Å². The van der Waals surface area contributed by atoms with E-state index in [1.165, 1.54) is 25.9 Å². The van der Waals surface area contributed by atoms with E-state index in [4.69, 9.17) is 4.74 Å². The average Bonchev–Trinajstić information content (AvgIpc) is 3.16. The Bertz CT molecular complexity index is 666. The number of anilines is 3. The van der Waals surface area contributed by atoms with E-state index in [-0.39, 0.29) is 6.99 Å². The van der Waals surface area contributed by atoms with Crippen molar-refractivity contribution in [3.63, 3.8) is 0 Å². The summed E-state index contributed by atoms with van der Waals surface area (Å²) < 4.78 is 5.80. The highest BCUT2D eigenvalue weighted by Gasteiger charge is 2.10. The summed E-state index contributed by atoms with van der Waals surface area (Å²) in [6.45, 7) is 4.28. The molecule has 0 spiro atoms. The zero-order valence-electron chi connectivity index (χ0n) is 15.6. The first-order chi connectivity index (χ1) is 13.1. The van der Waals surface area contributed by atoms with E-state index in [2.05, 4.69) is 52.3 Å². The fraction of sp³-hybridized carbons (Fsp3) is 0.412. The predicted molar refractivity (Wildman–Crippen MR) is 129 cm³/mol. The molecule has 1 aliphatic heterocycles. The van der Waals surface area contributed by atoms with Gasteiger partial charge in [-0.2, -0.15) is 4.98 Å². The SMILES string of the molecule is CNc1ccnc(Nc2ccc(OCCN3CCCC3)cc2)n1.PP(P)P. The second-order valence-corrected chi connectivity index (χ2v) is 17.6. The quantitative estimate of drug-likeness (QED) is 0.612. The second kappa shape index (κ2) is 12.8. The predicted octanol–water partition coefficient (Wildman–Crippen LogP) is 4.58. The van der Waals surface area contributed by atoms with Gasteiger partial charge in [0.2, 0.25) is 5.95 Å². The number of likely N-dealkylation sites (tertiary alicyclic amines) is 1. The van der Waals surface area contributed by atoms with Crippen molar-refractivity contribution in [2.75, 3.05) is 43.9 Å². The summed E-state index contributed by atoms with van der Waals surface area (Å²) in [4.78, 5) is 11.0. The van der Waals surface area contributed by atoms with Crippen LogP contribution in [0.5, 0.6) is 5.75 Å². The molecule has 1 aromatic heterocycles. The molecule has 3 rings (SSSR count). The molecule has 2 N–H and O–H groups in total. The van der Waals surface area contributed by atoms with E-state index in [0.29, 0.717) is 5.95 Å². The third kappa shape index (κ3) is 9.42. The molecule has 1 aromatic carbocycles. The molecule has 1 saturated heterocycles. The van der Waals surface area contributed by atoms with E-state index < -0.39 is 0 Å². The second-order valence-electron chi connectivity index (χ2n) is 6.01.